The molecule has 0 aliphatic heterocycles. The number of carbonyl (C=O) groups excluding carboxylic acids is 1. The van der Waals surface area contributed by atoms with E-state index in [1.165, 1.54) is 13.0 Å². The lowest BCUT2D eigenvalue weighted by Gasteiger charge is -2.03. The van der Waals surface area contributed by atoms with Gasteiger partial charge < -0.3 is 10.8 Å². The number of hydrogen-bond acceptors (Lipinski definition) is 3. The molecular weight excluding hydrogens is 173 g/mol. The standard InChI is InChI=1S/C9H10FNO2/c1-5-7(10)2-6(3-8(5)12)9(13)4-11/h2-3,12H,4,11H2,1H3. The maximum Gasteiger partial charge on any atom is 0.176 e. The molecule has 1 rings (SSSR count). The van der Waals surface area contributed by atoms with Crippen molar-refractivity contribution in [3.63, 3.8) is 0 Å². The van der Waals surface area contributed by atoms with Crippen molar-refractivity contribution in [2.75, 3.05) is 6.54 Å². The number of hydrogen-bond donors (Lipinski definition) is 2. The van der Waals surface area contributed by atoms with Crippen molar-refractivity contribution in [1.29, 1.82) is 0 Å². The van der Waals surface area contributed by atoms with Crippen molar-refractivity contribution in [2.24, 2.45) is 5.73 Å². The largest absolute Gasteiger partial charge is 0.508 e. The van der Waals surface area contributed by atoms with Crippen LogP contribution in [0.2, 0.25) is 0 Å². The Labute approximate surface area is 75.0 Å². The molecule has 0 heterocycles. The molecule has 0 saturated carbocycles. The molecule has 0 amide bonds. The first-order chi connectivity index (χ1) is 6.06. The Morgan fingerprint density at radius 1 is 1.62 bits per heavy atom. The van der Waals surface area contributed by atoms with Crippen LogP contribution in [0.4, 0.5) is 4.39 Å². The second kappa shape index (κ2) is 3.53. The predicted molar refractivity (Wildman–Crippen MR) is 46.2 cm³/mol. The zero-order valence-electron chi connectivity index (χ0n) is 7.17. The average molecular weight is 183 g/mol. The van der Waals surface area contributed by atoms with Gasteiger partial charge in [0.15, 0.2) is 5.78 Å². The van der Waals surface area contributed by atoms with Gasteiger partial charge >= 0.3 is 0 Å². The number of phenolic OH excluding ortho intramolecular Hbond substituents is 1. The van der Waals surface area contributed by atoms with Gasteiger partial charge in [-0.25, -0.2) is 4.39 Å². The van der Waals surface area contributed by atoms with Gasteiger partial charge in [-0.05, 0) is 19.1 Å². The van der Waals surface area contributed by atoms with Gasteiger partial charge in [-0.1, -0.05) is 0 Å². The van der Waals surface area contributed by atoms with Crippen LogP contribution >= 0.6 is 0 Å². The van der Waals surface area contributed by atoms with Crippen molar-refractivity contribution in [3.8, 4) is 5.75 Å². The van der Waals surface area contributed by atoms with E-state index in [0.717, 1.165) is 6.07 Å². The van der Waals surface area contributed by atoms with E-state index in [1.807, 2.05) is 0 Å². The topological polar surface area (TPSA) is 63.3 Å². The summed E-state index contributed by atoms with van der Waals surface area (Å²) in [4.78, 5) is 11.0. The Balaban J connectivity index is 3.20. The van der Waals surface area contributed by atoms with E-state index in [4.69, 9.17) is 5.73 Å². The van der Waals surface area contributed by atoms with Gasteiger partial charge in [0.25, 0.3) is 0 Å². The molecule has 0 unspecified atom stereocenters. The number of phenols is 1. The van der Waals surface area contributed by atoms with Crippen LogP contribution in [0.25, 0.3) is 0 Å². The highest BCUT2D eigenvalue weighted by Gasteiger charge is 2.10. The molecule has 70 valence electrons. The zero-order chi connectivity index (χ0) is 10.0. The summed E-state index contributed by atoms with van der Waals surface area (Å²) in [5.74, 6) is -1.22. The van der Waals surface area contributed by atoms with E-state index >= 15 is 0 Å². The molecule has 0 bridgehead atoms. The molecule has 13 heavy (non-hydrogen) atoms. The lowest BCUT2D eigenvalue weighted by molar-refractivity contribution is 0.100. The van der Waals surface area contributed by atoms with E-state index in [9.17, 15) is 14.3 Å². The first kappa shape index (κ1) is 9.67. The summed E-state index contributed by atoms with van der Waals surface area (Å²) in [5.41, 5.74) is 5.32. The van der Waals surface area contributed by atoms with Crippen molar-refractivity contribution < 1.29 is 14.3 Å². The van der Waals surface area contributed by atoms with Gasteiger partial charge in [0.2, 0.25) is 0 Å². The van der Waals surface area contributed by atoms with Crippen LogP contribution in [0.1, 0.15) is 15.9 Å². The molecule has 3 nitrogen and oxygen atoms in total. The third kappa shape index (κ3) is 1.84. The fourth-order valence-corrected chi connectivity index (χ4v) is 0.943. The minimum absolute atomic E-state index is 0.100. The quantitative estimate of drug-likeness (QED) is 0.672. The van der Waals surface area contributed by atoms with Gasteiger partial charge in [-0.3, -0.25) is 4.79 Å². The zero-order valence-corrected chi connectivity index (χ0v) is 7.17. The molecule has 0 aliphatic carbocycles. The predicted octanol–water partition coefficient (Wildman–Crippen LogP) is 0.981. The van der Waals surface area contributed by atoms with E-state index in [2.05, 4.69) is 0 Å². The lowest BCUT2D eigenvalue weighted by atomic mass is 10.1. The van der Waals surface area contributed by atoms with Gasteiger partial charge in [-0.2, -0.15) is 0 Å². The Kier molecular flexibility index (Phi) is 2.63. The summed E-state index contributed by atoms with van der Waals surface area (Å²) in [6.07, 6.45) is 0. The van der Waals surface area contributed by atoms with Gasteiger partial charge in [0, 0.05) is 11.1 Å². The maximum absolute atomic E-state index is 13.0. The minimum Gasteiger partial charge on any atom is -0.508 e. The van der Waals surface area contributed by atoms with Crippen LogP contribution in [-0.2, 0) is 0 Å². The van der Waals surface area contributed by atoms with Crippen LogP contribution in [0, 0.1) is 12.7 Å². The van der Waals surface area contributed by atoms with Crippen LogP contribution in [-0.4, -0.2) is 17.4 Å². The van der Waals surface area contributed by atoms with E-state index < -0.39 is 11.6 Å². The van der Waals surface area contributed by atoms with Crippen LogP contribution in [0.3, 0.4) is 0 Å². The van der Waals surface area contributed by atoms with Crippen molar-refractivity contribution in [3.05, 3.63) is 29.1 Å². The molecule has 0 radical (unpaired) electrons. The average Bonchev–Trinajstić information content (AvgIpc) is 2.12. The highest BCUT2D eigenvalue weighted by molar-refractivity contribution is 5.97. The monoisotopic (exact) mass is 183 g/mol. The van der Waals surface area contributed by atoms with E-state index in [-0.39, 0.29) is 23.4 Å². The third-order valence-electron chi connectivity index (χ3n) is 1.82. The molecule has 1 aromatic rings. The Morgan fingerprint density at radius 2 is 2.23 bits per heavy atom. The molecule has 4 heteroatoms. The molecular formula is C9H10FNO2. The number of aromatic hydroxyl groups is 1. The summed E-state index contributed by atoms with van der Waals surface area (Å²) in [6, 6.07) is 2.29. The number of nitrogens with two attached hydrogens (primary N) is 1. The lowest BCUT2D eigenvalue weighted by Crippen LogP contribution is -2.13. The van der Waals surface area contributed by atoms with Crippen LogP contribution < -0.4 is 5.73 Å². The number of ketones is 1. The van der Waals surface area contributed by atoms with Crippen LogP contribution in [0.5, 0.6) is 5.75 Å². The minimum atomic E-state index is -0.600. The first-order valence-electron chi connectivity index (χ1n) is 3.78. The number of benzene rings is 1. The Bertz CT molecular complexity index is 326. The van der Waals surface area contributed by atoms with Crippen molar-refractivity contribution >= 4 is 5.78 Å². The number of halogens is 1. The SMILES string of the molecule is Cc1c(O)cc(C(=O)CN)cc1F. The molecule has 0 aromatic heterocycles. The summed E-state index contributed by atoms with van der Waals surface area (Å²) in [7, 11) is 0. The highest BCUT2D eigenvalue weighted by atomic mass is 19.1. The first-order valence-corrected chi connectivity index (χ1v) is 3.78. The Morgan fingerprint density at radius 3 is 2.69 bits per heavy atom. The highest BCUT2D eigenvalue weighted by Crippen LogP contribution is 2.21. The summed E-state index contributed by atoms with van der Waals surface area (Å²) in [6.45, 7) is 1.24. The maximum atomic E-state index is 13.0. The third-order valence-corrected chi connectivity index (χ3v) is 1.82. The molecule has 0 saturated heterocycles. The molecule has 1 aromatic carbocycles. The molecule has 0 spiro atoms. The van der Waals surface area contributed by atoms with E-state index in [0.29, 0.717) is 0 Å². The summed E-state index contributed by atoms with van der Waals surface area (Å²) >= 11 is 0. The fraction of sp³-hybridized carbons (Fsp3) is 0.222. The van der Waals surface area contributed by atoms with Crippen molar-refractivity contribution in [2.45, 2.75) is 6.92 Å². The van der Waals surface area contributed by atoms with Gasteiger partial charge in [0.1, 0.15) is 11.6 Å². The summed E-state index contributed by atoms with van der Waals surface area (Å²) < 4.78 is 13.0. The second-order valence-electron chi connectivity index (χ2n) is 2.73. The molecule has 0 aliphatic rings. The molecule has 3 N–H and O–H groups in total. The fourth-order valence-electron chi connectivity index (χ4n) is 0.943. The number of rotatable bonds is 2. The second-order valence-corrected chi connectivity index (χ2v) is 2.73. The summed E-state index contributed by atoms with van der Waals surface area (Å²) in [5, 5.41) is 9.19. The van der Waals surface area contributed by atoms with Crippen LogP contribution in [0.15, 0.2) is 12.1 Å². The Hall–Kier alpha value is -1.42. The van der Waals surface area contributed by atoms with E-state index in [1.54, 1.807) is 0 Å². The normalized spacial score (nSPS) is 10.1. The van der Waals surface area contributed by atoms with Gasteiger partial charge in [0.05, 0.1) is 6.54 Å². The molecule has 0 atom stereocenters. The van der Waals surface area contributed by atoms with Crippen molar-refractivity contribution in [1.82, 2.24) is 0 Å². The molecule has 0 fully saturated rings. The van der Waals surface area contributed by atoms with Gasteiger partial charge in [-0.15, -0.1) is 0 Å². The number of Topliss-reactive ketones (excluding diaryl/α,β-unsaturated/α-hetero) is 1. The number of carbonyl (C=O) groups is 1. The smallest absolute Gasteiger partial charge is 0.176 e.